The Bertz CT molecular complexity index is 629. The Balaban J connectivity index is 2.16. The second-order valence-corrected chi connectivity index (χ2v) is 3.95. The zero-order valence-electron chi connectivity index (χ0n) is 9.93. The van der Waals surface area contributed by atoms with Crippen LogP contribution in [0.3, 0.4) is 0 Å². The summed E-state index contributed by atoms with van der Waals surface area (Å²) in [5.41, 5.74) is 1.00. The molecule has 0 bridgehead atoms. The predicted molar refractivity (Wildman–Crippen MR) is 63.4 cm³/mol. The minimum absolute atomic E-state index is 0.0466. The molecule has 0 spiro atoms. The van der Waals surface area contributed by atoms with Crippen LogP contribution in [0.15, 0.2) is 29.1 Å². The van der Waals surface area contributed by atoms with Crippen molar-refractivity contribution in [3.63, 3.8) is 0 Å². The first-order valence-corrected chi connectivity index (χ1v) is 5.51. The molecule has 0 saturated carbocycles. The molecule has 0 aliphatic rings. The lowest BCUT2D eigenvalue weighted by atomic mass is 10.1. The van der Waals surface area contributed by atoms with Gasteiger partial charge in [0.25, 0.3) is 0 Å². The lowest BCUT2D eigenvalue weighted by Crippen LogP contribution is -2.28. The number of carbonyl (C=O) groups is 1. The average molecular weight is 264 g/mol. The van der Waals surface area contributed by atoms with Crippen LogP contribution in [-0.2, 0) is 24.5 Å². The minimum Gasteiger partial charge on any atom is -0.480 e. The fourth-order valence-corrected chi connectivity index (χ4v) is 1.56. The molecular weight excluding hydrogens is 252 g/mol. The van der Waals surface area contributed by atoms with Gasteiger partial charge in [-0.1, -0.05) is 24.3 Å². The number of aliphatic hydroxyl groups is 1. The highest BCUT2D eigenvalue weighted by atomic mass is 16.4. The summed E-state index contributed by atoms with van der Waals surface area (Å²) in [4.78, 5) is 22.2. The SMILES string of the molecule is O=C(O)Cn1nnn(Cc2ccc(CO)cc2)c1=O. The Morgan fingerprint density at radius 3 is 2.26 bits per heavy atom. The maximum atomic E-state index is 11.7. The second-order valence-electron chi connectivity index (χ2n) is 3.95. The van der Waals surface area contributed by atoms with Crippen LogP contribution in [0, 0.1) is 0 Å². The van der Waals surface area contributed by atoms with Crippen molar-refractivity contribution in [1.82, 2.24) is 19.8 Å². The van der Waals surface area contributed by atoms with Crippen LogP contribution < -0.4 is 5.69 Å². The van der Waals surface area contributed by atoms with Gasteiger partial charge in [0, 0.05) is 0 Å². The maximum Gasteiger partial charge on any atom is 0.364 e. The number of carboxylic acid groups (broad SMARTS) is 1. The van der Waals surface area contributed by atoms with E-state index < -0.39 is 18.2 Å². The van der Waals surface area contributed by atoms with Crippen molar-refractivity contribution in [3.05, 3.63) is 45.9 Å². The highest BCUT2D eigenvalue weighted by molar-refractivity contribution is 5.66. The molecule has 0 atom stereocenters. The molecule has 2 aromatic rings. The third-order valence-electron chi connectivity index (χ3n) is 2.52. The van der Waals surface area contributed by atoms with Gasteiger partial charge in [-0.3, -0.25) is 4.79 Å². The van der Waals surface area contributed by atoms with Gasteiger partial charge in [-0.05, 0) is 21.6 Å². The number of hydrogen-bond acceptors (Lipinski definition) is 5. The van der Waals surface area contributed by atoms with E-state index in [9.17, 15) is 9.59 Å². The van der Waals surface area contributed by atoms with Crippen molar-refractivity contribution < 1.29 is 15.0 Å². The molecule has 1 aromatic carbocycles. The van der Waals surface area contributed by atoms with E-state index in [0.29, 0.717) is 0 Å². The maximum absolute atomic E-state index is 11.7. The summed E-state index contributed by atoms with van der Waals surface area (Å²) < 4.78 is 1.86. The first-order valence-electron chi connectivity index (χ1n) is 5.51. The van der Waals surface area contributed by atoms with Crippen LogP contribution >= 0.6 is 0 Å². The number of nitrogens with zero attached hydrogens (tertiary/aromatic N) is 4. The summed E-state index contributed by atoms with van der Waals surface area (Å²) in [6, 6.07) is 6.99. The lowest BCUT2D eigenvalue weighted by molar-refractivity contribution is -0.138. The van der Waals surface area contributed by atoms with Crippen molar-refractivity contribution in [3.8, 4) is 0 Å². The molecule has 0 radical (unpaired) electrons. The van der Waals surface area contributed by atoms with E-state index in [1.807, 2.05) is 0 Å². The largest absolute Gasteiger partial charge is 0.480 e. The molecule has 0 unspecified atom stereocenters. The Kier molecular flexibility index (Phi) is 3.71. The number of aliphatic hydroxyl groups excluding tert-OH is 1. The number of benzene rings is 1. The van der Waals surface area contributed by atoms with E-state index >= 15 is 0 Å². The molecule has 1 aromatic heterocycles. The van der Waals surface area contributed by atoms with Gasteiger partial charge < -0.3 is 10.2 Å². The Labute approximate surface area is 107 Å². The molecular formula is C11H12N4O4. The lowest BCUT2D eigenvalue weighted by Gasteiger charge is -2.01. The van der Waals surface area contributed by atoms with E-state index in [1.54, 1.807) is 24.3 Å². The van der Waals surface area contributed by atoms with Gasteiger partial charge in [0.15, 0.2) is 0 Å². The summed E-state index contributed by atoms with van der Waals surface area (Å²) in [6.45, 7) is -0.360. The number of tetrazole rings is 1. The van der Waals surface area contributed by atoms with Crippen LogP contribution in [0.25, 0.3) is 0 Å². The topological polar surface area (TPSA) is 110 Å². The summed E-state index contributed by atoms with van der Waals surface area (Å²) in [5, 5.41) is 24.6. The zero-order chi connectivity index (χ0) is 13.8. The van der Waals surface area contributed by atoms with Crippen LogP contribution in [-0.4, -0.2) is 36.0 Å². The van der Waals surface area contributed by atoms with Crippen molar-refractivity contribution in [2.24, 2.45) is 0 Å². The molecule has 0 aliphatic carbocycles. The monoisotopic (exact) mass is 264 g/mol. The van der Waals surface area contributed by atoms with Gasteiger partial charge in [0.2, 0.25) is 0 Å². The van der Waals surface area contributed by atoms with Gasteiger partial charge >= 0.3 is 11.7 Å². The fourth-order valence-electron chi connectivity index (χ4n) is 1.56. The summed E-state index contributed by atoms with van der Waals surface area (Å²) >= 11 is 0. The molecule has 19 heavy (non-hydrogen) atoms. The number of aromatic nitrogens is 4. The van der Waals surface area contributed by atoms with E-state index in [-0.39, 0.29) is 13.2 Å². The van der Waals surface area contributed by atoms with E-state index in [1.165, 1.54) is 0 Å². The molecule has 100 valence electrons. The summed E-state index contributed by atoms with van der Waals surface area (Å²) in [6.07, 6.45) is 0. The highest BCUT2D eigenvalue weighted by Crippen LogP contribution is 2.04. The fraction of sp³-hybridized carbons (Fsp3) is 0.273. The highest BCUT2D eigenvalue weighted by Gasteiger charge is 2.09. The van der Waals surface area contributed by atoms with Crippen LogP contribution in [0.1, 0.15) is 11.1 Å². The molecule has 8 nitrogen and oxygen atoms in total. The summed E-state index contributed by atoms with van der Waals surface area (Å²) in [7, 11) is 0. The first kappa shape index (κ1) is 13.0. The van der Waals surface area contributed by atoms with Crippen molar-refractivity contribution in [2.75, 3.05) is 0 Å². The summed E-state index contributed by atoms with van der Waals surface area (Å²) in [5.74, 6) is -1.15. The molecule has 0 saturated heterocycles. The van der Waals surface area contributed by atoms with Gasteiger partial charge in [-0.15, -0.1) is 0 Å². The Hall–Kier alpha value is -2.48. The zero-order valence-corrected chi connectivity index (χ0v) is 9.93. The van der Waals surface area contributed by atoms with E-state index in [0.717, 1.165) is 20.5 Å². The van der Waals surface area contributed by atoms with Gasteiger partial charge in [-0.2, -0.15) is 9.36 Å². The quantitative estimate of drug-likeness (QED) is 0.721. The molecule has 0 amide bonds. The third-order valence-corrected chi connectivity index (χ3v) is 2.52. The molecule has 2 N–H and O–H groups in total. The number of hydrogen-bond donors (Lipinski definition) is 2. The smallest absolute Gasteiger partial charge is 0.364 e. The van der Waals surface area contributed by atoms with E-state index in [2.05, 4.69) is 10.4 Å². The van der Waals surface area contributed by atoms with Crippen LogP contribution in [0.2, 0.25) is 0 Å². The van der Waals surface area contributed by atoms with Crippen molar-refractivity contribution in [1.29, 1.82) is 0 Å². The minimum atomic E-state index is -1.15. The molecule has 2 rings (SSSR count). The number of aliphatic carboxylic acids is 1. The van der Waals surface area contributed by atoms with Gasteiger partial charge in [0.05, 0.1) is 13.2 Å². The first-order chi connectivity index (χ1) is 9.10. The van der Waals surface area contributed by atoms with Gasteiger partial charge in [0.1, 0.15) is 6.54 Å². The molecule has 1 heterocycles. The second kappa shape index (κ2) is 5.44. The van der Waals surface area contributed by atoms with Crippen LogP contribution in [0.4, 0.5) is 0 Å². The van der Waals surface area contributed by atoms with Crippen molar-refractivity contribution in [2.45, 2.75) is 19.7 Å². The molecule has 8 heteroatoms. The molecule has 0 fully saturated rings. The number of rotatable bonds is 5. The number of carboxylic acids is 1. The Morgan fingerprint density at radius 1 is 1.11 bits per heavy atom. The third kappa shape index (κ3) is 3.05. The normalized spacial score (nSPS) is 10.6. The molecule has 0 aliphatic heterocycles. The van der Waals surface area contributed by atoms with Crippen molar-refractivity contribution >= 4 is 5.97 Å². The van der Waals surface area contributed by atoms with Gasteiger partial charge in [-0.25, -0.2) is 4.79 Å². The van der Waals surface area contributed by atoms with Crippen LogP contribution in [0.5, 0.6) is 0 Å². The predicted octanol–water partition coefficient (Wildman–Crippen LogP) is -0.935. The standard InChI is InChI=1S/C11H12N4O4/c16-7-9-3-1-8(2-4-9)5-14-11(19)15(13-12-14)6-10(17)18/h1-4,16H,5-7H2,(H,17,18). The Morgan fingerprint density at radius 2 is 1.68 bits per heavy atom. The van der Waals surface area contributed by atoms with E-state index in [4.69, 9.17) is 10.2 Å². The average Bonchev–Trinajstić information content (AvgIpc) is 2.72.